The van der Waals surface area contributed by atoms with Crippen molar-refractivity contribution in [1.29, 1.82) is 0 Å². The maximum atomic E-state index is 12.1. The Kier molecular flexibility index (Phi) is 5.92. The van der Waals surface area contributed by atoms with Crippen LogP contribution < -0.4 is 5.32 Å². The van der Waals surface area contributed by atoms with Crippen LogP contribution in [0.15, 0.2) is 54.6 Å². The average Bonchev–Trinajstić information content (AvgIpc) is 2.60. The van der Waals surface area contributed by atoms with E-state index in [4.69, 9.17) is 0 Å². The second-order valence-electron chi connectivity index (χ2n) is 5.49. The first kappa shape index (κ1) is 16.7. The van der Waals surface area contributed by atoms with Gasteiger partial charge in [-0.3, -0.25) is 9.59 Å². The minimum atomic E-state index is -0.360. The van der Waals surface area contributed by atoms with E-state index in [1.807, 2.05) is 30.3 Å². The van der Waals surface area contributed by atoms with Crippen LogP contribution in [0.25, 0.3) is 0 Å². The van der Waals surface area contributed by atoms with Gasteiger partial charge in [0.2, 0.25) is 0 Å². The number of ether oxygens (including phenoxy) is 1. The molecule has 1 unspecified atom stereocenters. The molecule has 1 amide bonds. The van der Waals surface area contributed by atoms with Crippen LogP contribution in [0.1, 0.15) is 28.4 Å². The van der Waals surface area contributed by atoms with Crippen molar-refractivity contribution in [2.45, 2.75) is 13.3 Å². The molecule has 2 aromatic carbocycles. The maximum Gasteiger partial charge on any atom is 0.310 e. The SMILES string of the molecule is COC(=O)C(C)CNC(=O)c1ccc(Cc2ccccc2)cc1. The van der Waals surface area contributed by atoms with Crippen LogP contribution in [0.4, 0.5) is 0 Å². The molecule has 1 atom stereocenters. The maximum absolute atomic E-state index is 12.1. The van der Waals surface area contributed by atoms with Gasteiger partial charge in [-0.1, -0.05) is 49.4 Å². The third kappa shape index (κ3) is 4.95. The summed E-state index contributed by atoms with van der Waals surface area (Å²) in [5, 5.41) is 2.74. The highest BCUT2D eigenvalue weighted by Crippen LogP contribution is 2.11. The number of nitrogens with one attached hydrogen (secondary N) is 1. The van der Waals surface area contributed by atoms with E-state index >= 15 is 0 Å². The van der Waals surface area contributed by atoms with Gasteiger partial charge < -0.3 is 10.1 Å². The summed E-state index contributed by atoms with van der Waals surface area (Å²) in [6.45, 7) is 1.98. The van der Waals surface area contributed by atoms with Gasteiger partial charge in [-0.05, 0) is 29.7 Å². The Morgan fingerprint density at radius 3 is 2.22 bits per heavy atom. The summed E-state index contributed by atoms with van der Waals surface area (Å²) in [7, 11) is 1.34. The number of hydrogen-bond acceptors (Lipinski definition) is 3. The number of carbonyl (C=O) groups is 2. The summed E-state index contributed by atoms with van der Waals surface area (Å²) >= 11 is 0. The van der Waals surface area contributed by atoms with Crippen LogP contribution in [-0.2, 0) is 16.0 Å². The standard InChI is InChI=1S/C19H21NO3/c1-14(19(22)23-2)13-20-18(21)17-10-8-16(9-11-17)12-15-6-4-3-5-7-15/h3-11,14H,12-13H2,1-2H3,(H,20,21). The second kappa shape index (κ2) is 8.13. The molecule has 0 aliphatic carbocycles. The van der Waals surface area contributed by atoms with E-state index in [2.05, 4.69) is 22.2 Å². The molecular weight excluding hydrogens is 290 g/mol. The Hall–Kier alpha value is -2.62. The molecule has 120 valence electrons. The van der Waals surface area contributed by atoms with Gasteiger partial charge in [-0.2, -0.15) is 0 Å². The predicted molar refractivity (Wildman–Crippen MR) is 89.2 cm³/mol. The summed E-state index contributed by atoms with van der Waals surface area (Å²) in [6, 6.07) is 17.7. The molecule has 0 aromatic heterocycles. The average molecular weight is 311 g/mol. The lowest BCUT2D eigenvalue weighted by molar-refractivity contribution is -0.144. The molecule has 0 aliphatic rings. The van der Waals surface area contributed by atoms with Crippen molar-refractivity contribution in [3.8, 4) is 0 Å². The first-order valence-corrected chi connectivity index (χ1v) is 7.59. The molecule has 0 saturated carbocycles. The minimum absolute atomic E-state index is 0.188. The second-order valence-corrected chi connectivity index (χ2v) is 5.49. The van der Waals surface area contributed by atoms with Crippen molar-refractivity contribution in [2.24, 2.45) is 5.92 Å². The highest BCUT2D eigenvalue weighted by molar-refractivity contribution is 5.94. The minimum Gasteiger partial charge on any atom is -0.469 e. The van der Waals surface area contributed by atoms with Gasteiger partial charge in [-0.25, -0.2) is 0 Å². The lowest BCUT2D eigenvalue weighted by Crippen LogP contribution is -2.32. The van der Waals surface area contributed by atoms with Crippen molar-refractivity contribution in [1.82, 2.24) is 5.32 Å². The summed E-state index contributed by atoms with van der Waals surface area (Å²) < 4.78 is 4.63. The molecule has 1 N–H and O–H groups in total. The van der Waals surface area contributed by atoms with Gasteiger partial charge in [0.15, 0.2) is 0 Å². The fraction of sp³-hybridized carbons (Fsp3) is 0.263. The molecule has 4 heteroatoms. The Morgan fingerprint density at radius 1 is 1.00 bits per heavy atom. The van der Waals surface area contributed by atoms with E-state index in [1.54, 1.807) is 19.1 Å². The Morgan fingerprint density at radius 2 is 1.61 bits per heavy atom. The highest BCUT2D eigenvalue weighted by atomic mass is 16.5. The summed E-state index contributed by atoms with van der Waals surface area (Å²) in [5.74, 6) is -0.878. The van der Waals surface area contributed by atoms with Crippen LogP contribution in [0.3, 0.4) is 0 Å². The fourth-order valence-electron chi connectivity index (χ4n) is 2.24. The molecular formula is C19H21NO3. The zero-order valence-corrected chi connectivity index (χ0v) is 13.4. The molecule has 0 saturated heterocycles. The number of hydrogen-bond donors (Lipinski definition) is 1. The largest absolute Gasteiger partial charge is 0.469 e. The summed E-state index contributed by atoms with van der Waals surface area (Å²) in [4.78, 5) is 23.4. The normalized spacial score (nSPS) is 11.6. The van der Waals surface area contributed by atoms with Gasteiger partial charge >= 0.3 is 5.97 Å². The van der Waals surface area contributed by atoms with Crippen molar-refractivity contribution >= 4 is 11.9 Å². The number of methoxy groups -OCH3 is 1. The number of carbonyl (C=O) groups excluding carboxylic acids is 2. The van der Waals surface area contributed by atoms with E-state index in [9.17, 15) is 9.59 Å². The smallest absolute Gasteiger partial charge is 0.310 e. The topological polar surface area (TPSA) is 55.4 Å². The van der Waals surface area contributed by atoms with Crippen molar-refractivity contribution in [3.05, 3.63) is 71.3 Å². The molecule has 0 radical (unpaired) electrons. The van der Waals surface area contributed by atoms with Crippen LogP contribution >= 0.6 is 0 Å². The number of benzene rings is 2. The van der Waals surface area contributed by atoms with Crippen molar-refractivity contribution < 1.29 is 14.3 Å². The van der Waals surface area contributed by atoms with E-state index < -0.39 is 0 Å². The van der Waals surface area contributed by atoms with Gasteiger partial charge in [0.05, 0.1) is 13.0 Å². The lowest BCUT2D eigenvalue weighted by atomic mass is 10.0. The Bertz CT molecular complexity index is 650. The van der Waals surface area contributed by atoms with E-state index in [0.29, 0.717) is 5.56 Å². The van der Waals surface area contributed by atoms with E-state index in [1.165, 1.54) is 12.7 Å². The van der Waals surface area contributed by atoms with E-state index in [-0.39, 0.29) is 24.3 Å². The molecule has 23 heavy (non-hydrogen) atoms. The van der Waals surface area contributed by atoms with Crippen LogP contribution in [-0.4, -0.2) is 25.5 Å². The monoisotopic (exact) mass is 311 g/mol. The molecule has 0 heterocycles. The molecule has 2 aromatic rings. The molecule has 4 nitrogen and oxygen atoms in total. The van der Waals surface area contributed by atoms with Crippen LogP contribution in [0.2, 0.25) is 0 Å². The molecule has 2 rings (SSSR count). The zero-order chi connectivity index (χ0) is 16.7. The molecule has 0 fully saturated rings. The van der Waals surface area contributed by atoms with Crippen LogP contribution in [0.5, 0.6) is 0 Å². The third-order valence-corrected chi connectivity index (χ3v) is 3.64. The van der Waals surface area contributed by atoms with E-state index in [0.717, 1.165) is 12.0 Å². The Labute approximate surface area is 136 Å². The number of amides is 1. The van der Waals surface area contributed by atoms with Gasteiger partial charge in [-0.15, -0.1) is 0 Å². The quantitative estimate of drug-likeness (QED) is 0.835. The zero-order valence-electron chi connectivity index (χ0n) is 13.4. The van der Waals surface area contributed by atoms with Gasteiger partial charge in [0, 0.05) is 12.1 Å². The summed E-state index contributed by atoms with van der Waals surface area (Å²) in [6.07, 6.45) is 0.835. The predicted octanol–water partition coefficient (Wildman–Crippen LogP) is 2.82. The van der Waals surface area contributed by atoms with Gasteiger partial charge in [0.1, 0.15) is 0 Å². The highest BCUT2D eigenvalue weighted by Gasteiger charge is 2.14. The van der Waals surface area contributed by atoms with Crippen LogP contribution in [0, 0.1) is 5.92 Å². The number of esters is 1. The summed E-state index contributed by atoms with van der Waals surface area (Å²) in [5.41, 5.74) is 2.96. The molecule has 0 aliphatic heterocycles. The lowest BCUT2D eigenvalue weighted by Gasteiger charge is -2.10. The molecule has 0 bridgehead atoms. The first-order chi connectivity index (χ1) is 11.1. The number of rotatable bonds is 6. The van der Waals surface area contributed by atoms with Crippen molar-refractivity contribution in [2.75, 3.05) is 13.7 Å². The Balaban J connectivity index is 1.91. The fourth-order valence-corrected chi connectivity index (χ4v) is 2.24. The van der Waals surface area contributed by atoms with Crippen molar-refractivity contribution in [3.63, 3.8) is 0 Å². The van der Waals surface area contributed by atoms with Gasteiger partial charge in [0.25, 0.3) is 5.91 Å². The first-order valence-electron chi connectivity index (χ1n) is 7.59. The third-order valence-electron chi connectivity index (χ3n) is 3.64. The molecule has 0 spiro atoms.